The van der Waals surface area contributed by atoms with E-state index in [2.05, 4.69) is 36.1 Å². The van der Waals surface area contributed by atoms with Crippen LogP contribution < -0.4 is 5.32 Å². The molecule has 2 atom stereocenters. The lowest BCUT2D eigenvalue weighted by Crippen LogP contribution is -2.52. The maximum atomic E-state index is 11.2. The predicted molar refractivity (Wildman–Crippen MR) is 84.9 cm³/mol. The number of nitrogens with zero attached hydrogens (tertiary/aromatic N) is 2. The van der Waals surface area contributed by atoms with E-state index in [1.165, 1.54) is 6.26 Å². The Bertz CT molecular complexity index is 373. The molecule has 1 aliphatic heterocycles. The van der Waals surface area contributed by atoms with Crippen LogP contribution in [0.25, 0.3) is 0 Å². The van der Waals surface area contributed by atoms with E-state index in [1.807, 2.05) is 0 Å². The van der Waals surface area contributed by atoms with Crippen molar-refractivity contribution in [3.05, 3.63) is 0 Å². The molecule has 0 aromatic rings. The molecule has 0 aromatic heterocycles. The lowest BCUT2D eigenvalue weighted by Gasteiger charge is -2.39. The van der Waals surface area contributed by atoms with E-state index >= 15 is 0 Å². The minimum Gasteiger partial charge on any atom is -0.314 e. The van der Waals surface area contributed by atoms with Crippen LogP contribution in [0.2, 0.25) is 0 Å². The van der Waals surface area contributed by atoms with Crippen molar-refractivity contribution in [1.29, 1.82) is 0 Å². The molecule has 0 aromatic carbocycles. The summed E-state index contributed by atoms with van der Waals surface area (Å²) in [5.41, 5.74) is 0. The summed E-state index contributed by atoms with van der Waals surface area (Å²) in [6, 6.07) is 0.983. The third-order valence-corrected chi connectivity index (χ3v) is 5.13. The van der Waals surface area contributed by atoms with Crippen LogP contribution in [0.5, 0.6) is 0 Å². The van der Waals surface area contributed by atoms with Crippen LogP contribution in [-0.4, -0.2) is 82.6 Å². The smallest absolute Gasteiger partial charge is 0.147 e. The highest BCUT2D eigenvalue weighted by molar-refractivity contribution is 7.90. The molecular formula is C14H31N3O2S. The maximum Gasteiger partial charge on any atom is 0.147 e. The number of hydrogen-bond acceptors (Lipinski definition) is 5. The third kappa shape index (κ3) is 7.02. The summed E-state index contributed by atoms with van der Waals surface area (Å²) in [6.07, 6.45) is 4.11. The van der Waals surface area contributed by atoms with Gasteiger partial charge in [0.2, 0.25) is 0 Å². The molecule has 1 N–H and O–H groups in total. The Labute approximate surface area is 124 Å². The molecule has 0 spiro atoms. The Morgan fingerprint density at radius 1 is 1.30 bits per heavy atom. The van der Waals surface area contributed by atoms with Gasteiger partial charge in [0, 0.05) is 43.7 Å². The van der Waals surface area contributed by atoms with Crippen molar-refractivity contribution < 1.29 is 8.42 Å². The Morgan fingerprint density at radius 2 is 2.00 bits per heavy atom. The molecular weight excluding hydrogens is 274 g/mol. The third-order valence-electron chi connectivity index (χ3n) is 4.10. The molecule has 0 saturated carbocycles. The number of likely N-dealkylation sites (N-methyl/N-ethyl adjacent to an activating group) is 2. The van der Waals surface area contributed by atoms with Crippen molar-refractivity contribution in [3.63, 3.8) is 0 Å². The molecule has 20 heavy (non-hydrogen) atoms. The average Bonchev–Trinajstić information content (AvgIpc) is 2.32. The van der Waals surface area contributed by atoms with Crippen molar-refractivity contribution in [1.82, 2.24) is 15.1 Å². The minimum absolute atomic E-state index is 0.301. The van der Waals surface area contributed by atoms with Gasteiger partial charge in [0.05, 0.1) is 0 Å². The molecule has 1 heterocycles. The van der Waals surface area contributed by atoms with Gasteiger partial charge in [-0.3, -0.25) is 0 Å². The zero-order valence-electron chi connectivity index (χ0n) is 13.4. The fourth-order valence-electron chi connectivity index (χ4n) is 2.87. The van der Waals surface area contributed by atoms with Gasteiger partial charge in [-0.15, -0.1) is 0 Å². The molecule has 2 unspecified atom stereocenters. The largest absolute Gasteiger partial charge is 0.314 e. The van der Waals surface area contributed by atoms with Gasteiger partial charge in [-0.25, -0.2) is 8.42 Å². The monoisotopic (exact) mass is 305 g/mol. The first-order valence-electron chi connectivity index (χ1n) is 7.61. The van der Waals surface area contributed by atoms with E-state index in [9.17, 15) is 8.42 Å². The second-order valence-electron chi connectivity index (χ2n) is 6.16. The van der Waals surface area contributed by atoms with Crippen molar-refractivity contribution in [2.45, 2.75) is 38.3 Å². The van der Waals surface area contributed by atoms with Gasteiger partial charge < -0.3 is 15.1 Å². The first kappa shape index (κ1) is 17.9. The summed E-state index contributed by atoms with van der Waals surface area (Å²) in [4.78, 5) is 4.81. The van der Waals surface area contributed by atoms with Gasteiger partial charge in [-0.05, 0) is 39.9 Å². The topological polar surface area (TPSA) is 52.7 Å². The lowest BCUT2D eigenvalue weighted by atomic mass is 10.00. The highest BCUT2D eigenvalue weighted by Gasteiger charge is 2.24. The van der Waals surface area contributed by atoms with Gasteiger partial charge >= 0.3 is 0 Å². The van der Waals surface area contributed by atoms with Crippen molar-refractivity contribution in [2.75, 3.05) is 52.3 Å². The summed E-state index contributed by atoms with van der Waals surface area (Å²) in [6.45, 7) is 6.40. The summed E-state index contributed by atoms with van der Waals surface area (Å²) in [5, 5.41) is 3.51. The molecule has 6 heteroatoms. The van der Waals surface area contributed by atoms with Crippen LogP contribution in [-0.2, 0) is 9.84 Å². The van der Waals surface area contributed by atoms with E-state index in [1.54, 1.807) is 0 Å². The molecule has 1 saturated heterocycles. The van der Waals surface area contributed by atoms with Crippen LogP contribution in [0.15, 0.2) is 0 Å². The fourth-order valence-corrected chi connectivity index (χ4v) is 3.56. The normalized spacial score (nSPS) is 23.9. The van der Waals surface area contributed by atoms with Gasteiger partial charge in [0.1, 0.15) is 9.84 Å². The molecule has 1 rings (SSSR count). The van der Waals surface area contributed by atoms with E-state index < -0.39 is 9.84 Å². The zero-order chi connectivity index (χ0) is 15.2. The number of nitrogens with one attached hydrogen (secondary N) is 1. The van der Waals surface area contributed by atoms with Crippen LogP contribution in [0.4, 0.5) is 0 Å². The van der Waals surface area contributed by atoms with Crippen molar-refractivity contribution in [2.24, 2.45) is 0 Å². The molecule has 120 valence electrons. The predicted octanol–water partition coefficient (Wildman–Crippen LogP) is 0.425. The highest BCUT2D eigenvalue weighted by Crippen LogP contribution is 2.14. The zero-order valence-corrected chi connectivity index (χ0v) is 14.2. The Balaban J connectivity index is 2.44. The number of hydrogen-bond donors (Lipinski definition) is 1. The number of piperazine rings is 1. The molecule has 0 bridgehead atoms. The summed E-state index contributed by atoms with van der Waals surface area (Å²) >= 11 is 0. The van der Waals surface area contributed by atoms with Crippen LogP contribution in [0.1, 0.15) is 26.2 Å². The Morgan fingerprint density at radius 3 is 2.60 bits per heavy atom. The molecule has 0 amide bonds. The number of rotatable bonds is 8. The quantitative estimate of drug-likeness (QED) is 0.705. The van der Waals surface area contributed by atoms with E-state index in [-0.39, 0.29) is 0 Å². The molecule has 1 aliphatic rings. The summed E-state index contributed by atoms with van der Waals surface area (Å²) < 4.78 is 22.4. The highest BCUT2D eigenvalue weighted by atomic mass is 32.2. The van der Waals surface area contributed by atoms with Crippen LogP contribution in [0, 0.1) is 0 Å². The SMILES string of the molecule is CCNC(CCCS(C)(=O)=O)CC1CN(C)CCN1C. The van der Waals surface area contributed by atoms with Gasteiger partial charge in [-0.2, -0.15) is 0 Å². The number of sulfone groups is 1. The second-order valence-corrected chi connectivity index (χ2v) is 8.42. The van der Waals surface area contributed by atoms with Crippen LogP contribution >= 0.6 is 0 Å². The average molecular weight is 305 g/mol. The van der Waals surface area contributed by atoms with Gasteiger partial charge in [0.15, 0.2) is 0 Å². The molecule has 0 radical (unpaired) electrons. The van der Waals surface area contributed by atoms with E-state index in [4.69, 9.17) is 0 Å². The van der Waals surface area contributed by atoms with E-state index in [0.29, 0.717) is 17.8 Å². The van der Waals surface area contributed by atoms with Crippen molar-refractivity contribution in [3.8, 4) is 0 Å². The summed E-state index contributed by atoms with van der Waals surface area (Å²) in [7, 11) is 1.53. The Hall–Kier alpha value is -0.170. The van der Waals surface area contributed by atoms with Crippen molar-refractivity contribution >= 4 is 9.84 Å². The molecule has 0 aliphatic carbocycles. The molecule has 5 nitrogen and oxygen atoms in total. The van der Waals surface area contributed by atoms with E-state index in [0.717, 1.165) is 45.4 Å². The van der Waals surface area contributed by atoms with Gasteiger partial charge in [-0.1, -0.05) is 6.92 Å². The second kappa shape index (κ2) is 8.32. The van der Waals surface area contributed by atoms with Gasteiger partial charge in [0.25, 0.3) is 0 Å². The minimum atomic E-state index is -2.83. The lowest BCUT2D eigenvalue weighted by molar-refractivity contribution is 0.100. The standard InChI is InChI=1S/C14H31N3O2S/c1-5-15-13(7-6-10-20(4,18)19)11-14-12-16(2)8-9-17(14)3/h13-15H,5-12H2,1-4H3. The van der Waals surface area contributed by atoms with Crippen LogP contribution in [0.3, 0.4) is 0 Å². The summed E-state index contributed by atoms with van der Waals surface area (Å²) in [5.74, 6) is 0.301. The molecule has 1 fully saturated rings. The Kier molecular flexibility index (Phi) is 7.43. The fraction of sp³-hybridized carbons (Fsp3) is 1.00. The first-order chi connectivity index (χ1) is 9.31. The first-order valence-corrected chi connectivity index (χ1v) is 9.67. The maximum absolute atomic E-state index is 11.2.